The molecule has 0 aromatic heterocycles. The molecule has 2 aliphatic rings. The average molecular weight is 459 g/mol. The lowest BCUT2D eigenvalue weighted by atomic mass is 9.97. The fourth-order valence-electron chi connectivity index (χ4n) is 4.45. The Hall–Kier alpha value is -1.83. The Balaban J connectivity index is 1.95. The predicted octanol–water partition coefficient (Wildman–Crippen LogP) is 4.97. The molecule has 31 heavy (non-hydrogen) atoms. The molecule has 4 rings (SSSR count). The molecule has 1 saturated carbocycles. The van der Waals surface area contributed by atoms with E-state index in [1.54, 1.807) is 29.2 Å². The molecule has 1 fully saturated rings. The van der Waals surface area contributed by atoms with Crippen LogP contribution in [0.5, 0.6) is 0 Å². The third-order valence-corrected chi connectivity index (χ3v) is 9.36. The zero-order valence-corrected chi connectivity index (χ0v) is 20.0. The van der Waals surface area contributed by atoms with Gasteiger partial charge in [-0.1, -0.05) is 38.0 Å². The van der Waals surface area contributed by atoms with E-state index in [4.69, 9.17) is 0 Å². The molecule has 166 valence electrons. The topological polar surface area (TPSA) is 57.7 Å². The van der Waals surface area contributed by atoms with Crippen LogP contribution in [0.1, 0.15) is 44.6 Å². The van der Waals surface area contributed by atoms with Gasteiger partial charge in [-0.2, -0.15) is 4.31 Å². The van der Waals surface area contributed by atoms with Gasteiger partial charge in [-0.05, 0) is 55.3 Å². The highest BCUT2D eigenvalue weighted by Crippen LogP contribution is 2.52. The summed E-state index contributed by atoms with van der Waals surface area (Å²) < 4.78 is 29.1. The van der Waals surface area contributed by atoms with Crippen LogP contribution in [0.4, 0.5) is 11.4 Å². The summed E-state index contributed by atoms with van der Waals surface area (Å²) in [5, 5.41) is 0. The fraction of sp³-hybridized carbons (Fsp3) is 0.458. The molecule has 0 radical (unpaired) electrons. The van der Waals surface area contributed by atoms with Gasteiger partial charge in [0.1, 0.15) is 11.2 Å². The summed E-state index contributed by atoms with van der Waals surface area (Å²) >= 11 is 1.58. The summed E-state index contributed by atoms with van der Waals surface area (Å²) in [5.74, 6) is 0. The lowest BCUT2D eigenvalue weighted by molar-refractivity contribution is -0.109. The van der Waals surface area contributed by atoms with Crippen LogP contribution >= 0.6 is 11.8 Å². The zero-order chi connectivity index (χ0) is 22.2. The van der Waals surface area contributed by atoms with E-state index in [1.807, 2.05) is 42.7 Å². The number of thioether (sulfide) groups is 1. The third kappa shape index (κ3) is 3.92. The summed E-state index contributed by atoms with van der Waals surface area (Å²) in [6.45, 7) is 2.72. The largest absolute Gasteiger partial charge is 0.339 e. The van der Waals surface area contributed by atoms with E-state index in [2.05, 4.69) is 11.8 Å². The first kappa shape index (κ1) is 22.4. The minimum absolute atomic E-state index is 0.125. The molecule has 1 aliphatic heterocycles. The summed E-state index contributed by atoms with van der Waals surface area (Å²) in [5.41, 5.74) is 2.00. The van der Waals surface area contributed by atoms with E-state index in [0.717, 1.165) is 54.5 Å². The van der Waals surface area contributed by atoms with Gasteiger partial charge in [0, 0.05) is 30.2 Å². The number of carbonyl (C=O) groups excluding carboxylic acids is 1. The zero-order valence-electron chi connectivity index (χ0n) is 18.4. The minimum Gasteiger partial charge on any atom is -0.339 e. The second-order valence-corrected chi connectivity index (χ2v) is 11.4. The van der Waals surface area contributed by atoms with E-state index in [-0.39, 0.29) is 6.04 Å². The van der Waals surface area contributed by atoms with Crippen molar-refractivity contribution < 1.29 is 13.2 Å². The monoisotopic (exact) mass is 458 g/mol. The highest BCUT2D eigenvalue weighted by Gasteiger charge is 2.47. The van der Waals surface area contributed by atoms with Crippen molar-refractivity contribution in [2.45, 2.75) is 60.3 Å². The van der Waals surface area contributed by atoms with Crippen LogP contribution in [-0.2, 0) is 20.2 Å². The molecule has 0 N–H and O–H groups in total. The van der Waals surface area contributed by atoms with E-state index in [9.17, 15) is 13.2 Å². The Morgan fingerprint density at radius 2 is 1.90 bits per heavy atom. The van der Waals surface area contributed by atoms with Crippen LogP contribution in [0.3, 0.4) is 0 Å². The van der Waals surface area contributed by atoms with E-state index in [1.165, 1.54) is 0 Å². The van der Waals surface area contributed by atoms with Crippen LogP contribution in [0.2, 0.25) is 0 Å². The second-order valence-electron chi connectivity index (χ2n) is 8.56. The van der Waals surface area contributed by atoms with E-state index in [0.29, 0.717) is 17.1 Å². The van der Waals surface area contributed by atoms with Crippen molar-refractivity contribution in [2.75, 3.05) is 24.7 Å². The van der Waals surface area contributed by atoms with E-state index >= 15 is 0 Å². The molecule has 7 heteroatoms. The van der Waals surface area contributed by atoms with Crippen molar-refractivity contribution in [1.29, 1.82) is 0 Å². The number of carbonyl (C=O) groups is 1. The van der Waals surface area contributed by atoms with Gasteiger partial charge in [0.25, 0.3) is 0 Å². The third-order valence-electron chi connectivity index (χ3n) is 6.65. The molecule has 1 heterocycles. The molecular formula is C24H30N2O3S2. The maximum absolute atomic E-state index is 13.8. The smallest absolute Gasteiger partial charge is 0.245 e. The van der Waals surface area contributed by atoms with Crippen LogP contribution in [0.25, 0.3) is 0 Å². The van der Waals surface area contributed by atoms with Gasteiger partial charge in [0.05, 0.1) is 11.1 Å². The number of benzene rings is 2. The quantitative estimate of drug-likeness (QED) is 0.433. The highest BCUT2D eigenvalue weighted by molar-refractivity contribution is 7.98. The fourth-order valence-corrected chi connectivity index (χ4v) is 6.74. The van der Waals surface area contributed by atoms with Crippen LogP contribution < -0.4 is 4.90 Å². The number of sulfonamides is 1. The molecule has 2 aromatic rings. The maximum Gasteiger partial charge on any atom is 0.245 e. The first-order valence-corrected chi connectivity index (χ1v) is 13.5. The predicted molar refractivity (Wildman–Crippen MR) is 127 cm³/mol. The van der Waals surface area contributed by atoms with Crippen LogP contribution in [-0.4, -0.2) is 44.9 Å². The normalized spacial score (nSPS) is 21.9. The first-order valence-electron chi connectivity index (χ1n) is 10.9. The average Bonchev–Trinajstić information content (AvgIpc) is 3.60. The molecule has 0 spiro atoms. The summed E-state index contributed by atoms with van der Waals surface area (Å²) in [6.07, 6.45) is 7.34. The molecule has 1 aliphatic carbocycles. The Morgan fingerprint density at radius 3 is 2.48 bits per heavy atom. The molecule has 1 atom stereocenters. The molecule has 0 bridgehead atoms. The minimum atomic E-state index is -3.70. The second kappa shape index (κ2) is 8.60. The number of nitrogens with zero attached hydrogens (tertiary/aromatic N) is 2. The Labute approximate surface area is 189 Å². The Kier molecular flexibility index (Phi) is 6.21. The number of likely N-dealkylation sites (N-methyl/N-ethyl adjacent to an activating group) is 1. The van der Waals surface area contributed by atoms with E-state index < -0.39 is 15.4 Å². The summed E-state index contributed by atoms with van der Waals surface area (Å²) in [7, 11) is -2.00. The van der Waals surface area contributed by atoms with Crippen molar-refractivity contribution in [3.05, 3.63) is 48.0 Å². The standard InChI is InChI=1S/C24H30N2O3S2/c1-4-5-9-19-16-26(18-10-7-6-8-11-18)21-15-22(30-3)20(24(17-27)12-13-24)14-23(21)31(28,29)25(19)2/h6-8,10-11,14-15,17,19H,4-5,9,12-13,16H2,1-3H3. The van der Waals surface area contributed by atoms with Gasteiger partial charge in [0.2, 0.25) is 10.0 Å². The molecule has 0 saturated heterocycles. The number of para-hydroxylation sites is 1. The summed E-state index contributed by atoms with van der Waals surface area (Å²) in [4.78, 5) is 15.3. The number of fused-ring (bicyclic) bond motifs is 1. The number of hydrogen-bond acceptors (Lipinski definition) is 5. The van der Waals surface area contributed by atoms with Gasteiger partial charge in [-0.15, -0.1) is 11.8 Å². The van der Waals surface area contributed by atoms with Gasteiger partial charge >= 0.3 is 0 Å². The van der Waals surface area contributed by atoms with Crippen molar-refractivity contribution in [3.8, 4) is 0 Å². The van der Waals surface area contributed by atoms with Crippen molar-refractivity contribution >= 4 is 39.4 Å². The molecule has 2 aromatic carbocycles. The molecule has 1 unspecified atom stereocenters. The number of hydrogen-bond donors (Lipinski definition) is 0. The van der Waals surface area contributed by atoms with Crippen LogP contribution in [0, 0.1) is 0 Å². The van der Waals surface area contributed by atoms with Crippen molar-refractivity contribution in [1.82, 2.24) is 4.31 Å². The van der Waals surface area contributed by atoms with Crippen molar-refractivity contribution in [3.63, 3.8) is 0 Å². The number of rotatable bonds is 7. The Morgan fingerprint density at radius 1 is 1.19 bits per heavy atom. The van der Waals surface area contributed by atoms with Gasteiger partial charge in [0.15, 0.2) is 0 Å². The molecule has 5 nitrogen and oxygen atoms in total. The first-order chi connectivity index (χ1) is 14.9. The molecule has 0 amide bonds. The lowest BCUT2D eigenvalue weighted by Crippen LogP contribution is -2.40. The SMILES string of the molecule is CCCCC1CN(c2ccccc2)c2cc(SC)c(C3(C=O)CC3)cc2S(=O)(=O)N1C. The van der Waals surface area contributed by atoms with Gasteiger partial charge in [-0.25, -0.2) is 8.42 Å². The lowest BCUT2D eigenvalue weighted by Gasteiger charge is -2.30. The van der Waals surface area contributed by atoms with Crippen molar-refractivity contribution in [2.24, 2.45) is 0 Å². The number of unbranched alkanes of at least 4 members (excludes halogenated alkanes) is 1. The molecular weight excluding hydrogens is 428 g/mol. The van der Waals surface area contributed by atoms with Gasteiger partial charge in [-0.3, -0.25) is 0 Å². The maximum atomic E-state index is 13.8. The highest BCUT2D eigenvalue weighted by atomic mass is 32.2. The summed E-state index contributed by atoms with van der Waals surface area (Å²) in [6, 6.07) is 13.6. The number of aldehydes is 1. The van der Waals surface area contributed by atoms with Gasteiger partial charge < -0.3 is 9.69 Å². The Bertz CT molecular complexity index is 1070. The number of anilines is 2. The van der Waals surface area contributed by atoms with Crippen LogP contribution in [0.15, 0.2) is 52.3 Å².